The Morgan fingerprint density at radius 1 is 1.38 bits per heavy atom. The molecule has 1 heteroatoms. The van der Waals surface area contributed by atoms with Crippen LogP contribution in [0.15, 0.2) is 23.8 Å². The zero-order chi connectivity index (χ0) is 6.57. The fraction of sp³-hybridized carbons (Fsp3) is 0.286. The molecule has 0 unspecified atom stereocenters. The Morgan fingerprint density at radius 2 is 1.88 bits per heavy atom. The minimum Gasteiger partial charge on any atom is -0.308 e. The van der Waals surface area contributed by atoms with Crippen LogP contribution in [0.25, 0.3) is 0 Å². The van der Waals surface area contributed by atoms with Gasteiger partial charge in [-0.15, -0.1) is 0 Å². The van der Waals surface area contributed by atoms with Gasteiger partial charge in [0.15, 0.2) is 0 Å². The van der Waals surface area contributed by atoms with Crippen molar-refractivity contribution in [1.82, 2.24) is 0 Å². The SMILES string of the molecule is C=C/C(C)=C(/C)C=N. The van der Waals surface area contributed by atoms with E-state index in [4.69, 9.17) is 5.41 Å². The van der Waals surface area contributed by atoms with E-state index in [0.717, 1.165) is 11.1 Å². The highest BCUT2D eigenvalue weighted by Gasteiger charge is 1.83. The van der Waals surface area contributed by atoms with Crippen molar-refractivity contribution in [2.45, 2.75) is 13.8 Å². The van der Waals surface area contributed by atoms with Crippen LogP contribution in [0.3, 0.4) is 0 Å². The van der Waals surface area contributed by atoms with Gasteiger partial charge in [-0.25, -0.2) is 0 Å². The quantitative estimate of drug-likeness (QED) is 0.415. The molecule has 0 radical (unpaired) electrons. The number of rotatable bonds is 2. The first-order valence-corrected chi connectivity index (χ1v) is 2.52. The zero-order valence-electron chi connectivity index (χ0n) is 5.36. The predicted molar refractivity (Wildman–Crippen MR) is 37.4 cm³/mol. The molecule has 0 aromatic rings. The summed E-state index contributed by atoms with van der Waals surface area (Å²) in [6, 6.07) is 0. The molecule has 0 bridgehead atoms. The molecule has 0 fully saturated rings. The third-order valence-electron chi connectivity index (χ3n) is 1.14. The maximum Gasteiger partial charge on any atom is 0.0209 e. The maximum atomic E-state index is 6.81. The molecule has 0 amide bonds. The van der Waals surface area contributed by atoms with E-state index in [2.05, 4.69) is 6.58 Å². The van der Waals surface area contributed by atoms with Crippen LogP contribution in [0.1, 0.15) is 13.8 Å². The highest BCUT2D eigenvalue weighted by molar-refractivity contribution is 5.76. The second kappa shape index (κ2) is 3.19. The lowest BCUT2D eigenvalue weighted by atomic mass is 10.2. The van der Waals surface area contributed by atoms with Gasteiger partial charge in [0.2, 0.25) is 0 Å². The molecule has 0 aromatic carbocycles. The third-order valence-corrected chi connectivity index (χ3v) is 1.14. The number of nitrogens with one attached hydrogen (secondary N) is 1. The van der Waals surface area contributed by atoms with Crippen LogP contribution in [-0.2, 0) is 0 Å². The van der Waals surface area contributed by atoms with Crippen molar-refractivity contribution in [3.63, 3.8) is 0 Å². The molecular formula is C7H11N. The number of hydrogen-bond acceptors (Lipinski definition) is 1. The summed E-state index contributed by atoms with van der Waals surface area (Å²) in [6.07, 6.45) is 3.08. The highest BCUT2D eigenvalue weighted by Crippen LogP contribution is 1.99. The topological polar surface area (TPSA) is 23.9 Å². The maximum absolute atomic E-state index is 6.81. The molecule has 0 rings (SSSR count). The average molecular weight is 109 g/mol. The van der Waals surface area contributed by atoms with Crippen molar-refractivity contribution in [3.8, 4) is 0 Å². The minimum atomic E-state index is 0.972. The summed E-state index contributed by atoms with van der Waals surface area (Å²) in [6.45, 7) is 7.40. The van der Waals surface area contributed by atoms with Gasteiger partial charge in [-0.1, -0.05) is 12.7 Å². The number of hydrogen-bond donors (Lipinski definition) is 1. The van der Waals surface area contributed by atoms with Crippen molar-refractivity contribution < 1.29 is 0 Å². The molecule has 0 saturated carbocycles. The van der Waals surface area contributed by atoms with E-state index in [1.54, 1.807) is 6.08 Å². The molecule has 0 aromatic heterocycles. The molecule has 0 aliphatic heterocycles. The zero-order valence-corrected chi connectivity index (χ0v) is 5.36. The molecule has 44 valence electrons. The van der Waals surface area contributed by atoms with Crippen LogP contribution in [0.5, 0.6) is 0 Å². The van der Waals surface area contributed by atoms with Gasteiger partial charge in [0, 0.05) is 6.21 Å². The Balaban J connectivity index is 4.25. The summed E-state index contributed by atoms with van der Waals surface area (Å²) in [5.74, 6) is 0. The normalized spacial score (nSPS) is 12.2. The van der Waals surface area contributed by atoms with Gasteiger partial charge in [-0.2, -0.15) is 0 Å². The van der Waals surface area contributed by atoms with Crippen LogP contribution < -0.4 is 0 Å². The largest absolute Gasteiger partial charge is 0.308 e. The highest BCUT2D eigenvalue weighted by atomic mass is 14.3. The molecule has 0 spiro atoms. The predicted octanol–water partition coefficient (Wildman–Crippen LogP) is 2.16. The van der Waals surface area contributed by atoms with Gasteiger partial charge in [-0.05, 0) is 25.0 Å². The van der Waals surface area contributed by atoms with Crippen molar-refractivity contribution in [1.29, 1.82) is 5.41 Å². The van der Waals surface area contributed by atoms with Gasteiger partial charge in [0.05, 0.1) is 0 Å². The summed E-state index contributed by atoms with van der Waals surface area (Å²) < 4.78 is 0. The van der Waals surface area contributed by atoms with Crippen molar-refractivity contribution in [2.75, 3.05) is 0 Å². The van der Waals surface area contributed by atoms with Gasteiger partial charge in [0.1, 0.15) is 0 Å². The first-order valence-electron chi connectivity index (χ1n) is 2.52. The lowest BCUT2D eigenvalue weighted by Gasteiger charge is -1.91. The number of allylic oxidation sites excluding steroid dienone is 3. The first-order chi connectivity index (χ1) is 3.72. The second-order valence-electron chi connectivity index (χ2n) is 1.71. The summed E-state index contributed by atoms with van der Waals surface area (Å²) in [5, 5.41) is 6.81. The lowest BCUT2D eigenvalue weighted by molar-refractivity contribution is 1.40. The summed E-state index contributed by atoms with van der Waals surface area (Å²) in [4.78, 5) is 0. The molecule has 0 aliphatic rings. The van der Waals surface area contributed by atoms with Crippen LogP contribution in [-0.4, -0.2) is 6.21 Å². The van der Waals surface area contributed by atoms with E-state index >= 15 is 0 Å². The smallest absolute Gasteiger partial charge is 0.0209 e. The van der Waals surface area contributed by atoms with E-state index in [1.165, 1.54) is 6.21 Å². The molecular weight excluding hydrogens is 98.1 g/mol. The van der Waals surface area contributed by atoms with Gasteiger partial charge in [-0.3, -0.25) is 0 Å². The van der Waals surface area contributed by atoms with Crippen molar-refractivity contribution in [2.24, 2.45) is 0 Å². The van der Waals surface area contributed by atoms with Gasteiger partial charge in [0.25, 0.3) is 0 Å². The third kappa shape index (κ3) is 1.73. The fourth-order valence-electron chi connectivity index (χ4n) is 0.275. The van der Waals surface area contributed by atoms with E-state index in [1.807, 2.05) is 13.8 Å². The lowest BCUT2D eigenvalue weighted by Crippen LogP contribution is -1.78. The van der Waals surface area contributed by atoms with E-state index in [-0.39, 0.29) is 0 Å². The monoisotopic (exact) mass is 109 g/mol. The molecule has 0 atom stereocenters. The Labute approximate surface area is 50.2 Å². The molecule has 1 nitrogen and oxygen atoms in total. The summed E-state index contributed by atoms with van der Waals surface area (Å²) in [5.41, 5.74) is 2.04. The van der Waals surface area contributed by atoms with Crippen LogP contribution in [0, 0.1) is 5.41 Å². The van der Waals surface area contributed by atoms with Crippen molar-refractivity contribution in [3.05, 3.63) is 23.8 Å². The Kier molecular flexibility index (Phi) is 2.85. The first kappa shape index (κ1) is 7.15. The second-order valence-corrected chi connectivity index (χ2v) is 1.71. The van der Waals surface area contributed by atoms with Crippen LogP contribution >= 0.6 is 0 Å². The summed E-state index contributed by atoms with van der Waals surface area (Å²) in [7, 11) is 0. The van der Waals surface area contributed by atoms with E-state index in [9.17, 15) is 0 Å². The standard InChI is InChI=1S/C7H11N/c1-4-6(2)7(3)5-8/h4-5,8H,1H2,2-3H3/b7-6-,8-5?. The Hall–Kier alpha value is -0.850. The molecule has 0 aliphatic carbocycles. The van der Waals surface area contributed by atoms with Crippen LogP contribution in [0.4, 0.5) is 0 Å². The molecule has 0 saturated heterocycles. The van der Waals surface area contributed by atoms with Crippen molar-refractivity contribution >= 4 is 6.21 Å². The van der Waals surface area contributed by atoms with Gasteiger partial charge >= 0.3 is 0 Å². The average Bonchev–Trinajstić information content (AvgIpc) is 1.84. The Bertz CT molecular complexity index is 115. The minimum absolute atomic E-state index is 0.972. The summed E-state index contributed by atoms with van der Waals surface area (Å²) >= 11 is 0. The molecule has 1 N–H and O–H groups in total. The van der Waals surface area contributed by atoms with E-state index < -0.39 is 0 Å². The van der Waals surface area contributed by atoms with E-state index in [0.29, 0.717) is 0 Å². The molecule has 0 heterocycles. The van der Waals surface area contributed by atoms with Crippen LogP contribution in [0.2, 0.25) is 0 Å². The molecule has 8 heavy (non-hydrogen) atoms. The Morgan fingerprint density at radius 3 is 2.00 bits per heavy atom. The fourth-order valence-corrected chi connectivity index (χ4v) is 0.275. The van der Waals surface area contributed by atoms with Gasteiger partial charge < -0.3 is 5.41 Å².